The van der Waals surface area contributed by atoms with Gasteiger partial charge in [-0.15, -0.1) is 0 Å². The van der Waals surface area contributed by atoms with Crippen molar-refractivity contribution >= 4 is 0 Å². The number of nitrogens with one attached hydrogen (secondary N) is 1. The summed E-state index contributed by atoms with van der Waals surface area (Å²) < 4.78 is 7.77. The number of hydrogen-bond donors (Lipinski definition) is 1. The first-order valence-electron chi connectivity index (χ1n) is 7.94. The smallest absolute Gasteiger partial charge is 0.0693 e. The van der Waals surface area contributed by atoms with E-state index in [-0.39, 0.29) is 5.60 Å². The van der Waals surface area contributed by atoms with Gasteiger partial charge in [0.1, 0.15) is 0 Å². The van der Waals surface area contributed by atoms with Crippen LogP contribution in [0.25, 0.3) is 0 Å². The lowest BCUT2D eigenvalue weighted by Crippen LogP contribution is -2.46. The van der Waals surface area contributed by atoms with E-state index in [2.05, 4.69) is 23.4 Å². The van der Waals surface area contributed by atoms with Crippen LogP contribution < -0.4 is 5.32 Å². The molecule has 0 aromatic carbocycles. The summed E-state index contributed by atoms with van der Waals surface area (Å²) in [6.07, 6.45) is 10.2. The van der Waals surface area contributed by atoms with Gasteiger partial charge in [-0.3, -0.25) is 4.68 Å². The zero-order valence-corrected chi connectivity index (χ0v) is 13.2. The van der Waals surface area contributed by atoms with Crippen LogP contribution in [0.2, 0.25) is 0 Å². The van der Waals surface area contributed by atoms with Gasteiger partial charge in [-0.05, 0) is 57.6 Å². The minimum atomic E-state index is 0.151. The maximum Gasteiger partial charge on any atom is 0.0693 e. The monoisotopic (exact) mass is 279 g/mol. The standard InChI is InChI=1S/C16H29N3O/c1-4-11-17-14(13-16(20-3)9-5-10-16)6-7-15-8-12-18-19(15)2/h8,12,14,17H,4-7,9-11,13H2,1-3H3. The molecule has 0 saturated heterocycles. The van der Waals surface area contributed by atoms with Crippen molar-refractivity contribution in [2.24, 2.45) is 7.05 Å². The average Bonchev–Trinajstić information content (AvgIpc) is 2.82. The van der Waals surface area contributed by atoms with Gasteiger partial charge in [-0.1, -0.05) is 6.92 Å². The SMILES string of the molecule is CCCNC(CCc1ccnn1C)CC1(OC)CCC1. The Hall–Kier alpha value is -0.870. The maximum absolute atomic E-state index is 5.79. The fraction of sp³-hybridized carbons (Fsp3) is 0.812. The summed E-state index contributed by atoms with van der Waals surface area (Å²) in [6.45, 7) is 3.32. The number of ether oxygens (including phenoxy) is 1. The highest BCUT2D eigenvalue weighted by Crippen LogP contribution is 2.39. The van der Waals surface area contributed by atoms with Crippen molar-refractivity contribution in [3.63, 3.8) is 0 Å². The maximum atomic E-state index is 5.79. The van der Waals surface area contributed by atoms with E-state index in [1.165, 1.54) is 31.4 Å². The van der Waals surface area contributed by atoms with E-state index in [0.29, 0.717) is 6.04 Å². The number of nitrogens with zero attached hydrogens (tertiary/aromatic N) is 2. The Morgan fingerprint density at radius 1 is 1.50 bits per heavy atom. The second-order valence-electron chi connectivity index (χ2n) is 6.08. The van der Waals surface area contributed by atoms with E-state index in [9.17, 15) is 0 Å². The number of methoxy groups -OCH3 is 1. The third kappa shape index (κ3) is 3.83. The van der Waals surface area contributed by atoms with E-state index in [1.807, 2.05) is 25.0 Å². The molecule has 114 valence electrons. The molecule has 0 aliphatic heterocycles. The topological polar surface area (TPSA) is 39.1 Å². The van der Waals surface area contributed by atoms with Crippen LogP contribution in [-0.2, 0) is 18.2 Å². The molecule has 20 heavy (non-hydrogen) atoms. The zero-order chi connectivity index (χ0) is 14.4. The second-order valence-corrected chi connectivity index (χ2v) is 6.08. The summed E-state index contributed by atoms with van der Waals surface area (Å²) in [7, 11) is 3.89. The van der Waals surface area contributed by atoms with Crippen molar-refractivity contribution in [3.8, 4) is 0 Å². The predicted octanol–water partition coefficient (Wildman–Crippen LogP) is 2.68. The number of hydrogen-bond acceptors (Lipinski definition) is 3. The van der Waals surface area contributed by atoms with Crippen molar-refractivity contribution in [3.05, 3.63) is 18.0 Å². The lowest BCUT2D eigenvalue weighted by atomic mass is 9.75. The first-order chi connectivity index (χ1) is 9.69. The lowest BCUT2D eigenvalue weighted by Gasteiger charge is -2.43. The second kappa shape index (κ2) is 7.23. The minimum absolute atomic E-state index is 0.151. The van der Waals surface area contributed by atoms with Crippen LogP contribution in [0.3, 0.4) is 0 Å². The van der Waals surface area contributed by atoms with Gasteiger partial charge < -0.3 is 10.1 Å². The van der Waals surface area contributed by atoms with Gasteiger partial charge in [0.25, 0.3) is 0 Å². The lowest BCUT2D eigenvalue weighted by molar-refractivity contribution is -0.0838. The highest BCUT2D eigenvalue weighted by molar-refractivity contribution is 5.01. The van der Waals surface area contributed by atoms with E-state index >= 15 is 0 Å². The van der Waals surface area contributed by atoms with Gasteiger partial charge in [0, 0.05) is 32.1 Å². The van der Waals surface area contributed by atoms with Crippen LogP contribution in [0.4, 0.5) is 0 Å². The quantitative estimate of drug-likeness (QED) is 0.755. The van der Waals surface area contributed by atoms with Crippen molar-refractivity contribution < 1.29 is 4.74 Å². The first kappa shape index (κ1) is 15.5. The molecule has 1 aromatic heterocycles. The Balaban J connectivity index is 1.87. The van der Waals surface area contributed by atoms with Crippen LogP contribution in [0, 0.1) is 0 Å². The van der Waals surface area contributed by atoms with Crippen LogP contribution in [0.5, 0.6) is 0 Å². The molecule has 2 rings (SSSR count). The van der Waals surface area contributed by atoms with E-state index in [4.69, 9.17) is 4.74 Å². The van der Waals surface area contributed by atoms with Crippen molar-refractivity contribution in [2.75, 3.05) is 13.7 Å². The highest BCUT2D eigenvalue weighted by Gasteiger charge is 2.38. The Bertz CT molecular complexity index is 393. The number of aryl methyl sites for hydroxylation is 2. The van der Waals surface area contributed by atoms with Crippen molar-refractivity contribution in [2.45, 2.75) is 63.5 Å². The molecule has 1 aliphatic carbocycles. The Morgan fingerprint density at radius 2 is 2.30 bits per heavy atom. The molecule has 1 atom stereocenters. The zero-order valence-electron chi connectivity index (χ0n) is 13.2. The number of rotatable bonds is 9. The van der Waals surface area contributed by atoms with Gasteiger partial charge in [0.15, 0.2) is 0 Å². The molecule has 4 nitrogen and oxygen atoms in total. The van der Waals surface area contributed by atoms with Crippen LogP contribution >= 0.6 is 0 Å². The van der Waals surface area contributed by atoms with E-state index in [0.717, 1.165) is 25.8 Å². The summed E-state index contributed by atoms with van der Waals surface area (Å²) in [4.78, 5) is 0. The molecule has 1 aliphatic rings. The molecule has 1 fully saturated rings. The third-order valence-corrected chi connectivity index (χ3v) is 4.67. The molecule has 0 amide bonds. The Labute approximate surface area is 122 Å². The largest absolute Gasteiger partial charge is 0.378 e. The van der Waals surface area contributed by atoms with Gasteiger partial charge >= 0.3 is 0 Å². The van der Waals surface area contributed by atoms with Gasteiger partial charge in [-0.25, -0.2) is 0 Å². The Kier molecular flexibility index (Phi) is 5.61. The molecule has 1 unspecified atom stereocenters. The summed E-state index contributed by atoms with van der Waals surface area (Å²) >= 11 is 0. The van der Waals surface area contributed by atoms with E-state index < -0.39 is 0 Å². The molecule has 0 bridgehead atoms. The molecular formula is C16H29N3O. The normalized spacial score (nSPS) is 18.8. The average molecular weight is 279 g/mol. The van der Waals surface area contributed by atoms with Crippen LogP contribution in [0.15, 0.2) is 12.3 Å². The highest BCUT2D eigenvalue weighted by atomic mass is 16.5. The molecular weight excluding hydrogens is 250 g/mol. The van der Waals surface area contributed by atoms with Crippen LogP contribution in [0.1, 0.15) is 51.1 Å². The summed E-state index contributed by atoms with van der Waals surface area (Å²) in [6, 6.07) is 2.66. The molecule has 0 spiro atoms. The first-order valence-corrected chi connectivity index (χ1v) is 7.94. The van der Waals surface area contributed by atoms with Crippen molar-refractivity contribution in [1.29, 1.82) is 0 Å². The molecule has 0 radical (unpaired) electrons. The predicted molar refractivity (Wildman–Crippen MR) is 81.8 cm³/mol. The third-order valence-electron chi connectivity index (χ3n) is 4.67. The van der Waals surface area contributed by atoms with Gasteiger partial charge in [-0.2, -0.15) is 5.10 Å². The molecule has 1 heterocycles. The summed E-state index contributed by atoms with van der Waals surface area (Å²) in [5.74, 6) is 0. The molecule has 1 aromatic rings. The molecule has 1 N–H and O–H groups in total. The van der Waals surface area contributed by atoms with Crippen molar-refractivity contribution in [1.82, 2.24) is 15.1 Å². The fourth-order valence-electron chi connectivity index (χ4n) is 3.11. The van der Waals surface area contributed by atoms with Gasteiger partial charge in [0.05, 0.1) is 5.60 Å². The van der Waals surface area contributed by atoms with Gasteiger partial charge in [0.2, 0.25) is 0 Å². The minimum Gasteiger partial charge on any atom is -0.378 e. The molecule has 1 saturated carbocycles. The summed E-state index contributed by atoms with van der Waals surface area (Å²) in [5, 5.41) is 7.95. The fourth-order valence-corrected chi connectivity index (χ4v) is 3.11. The Morgan fingerprint density at radius 3 is 2.80 bits per heavy atom. The van der Waals surface area contributed by atoms with E-state index in [1.54, 1.807) is 0 Å². The molecule has 4 heteroatoms. The summed E-state index contributed by atoms with van der Waals surface area (Å²) in [5.41, 5.74) is 1.46. The van der Waals surface area contributed by atoms with Crippen LogP contribution in [-0.4, -0.2) is 35.1 Å². The number of aromatic nitrogens is 2.